The van der Waals surface area contributed by atoms with Gasteiger partial charge in [-0.2, -0.15) is 0 Å². The number of hydrogen-bond donors (Lipinski definition) is 3. The largest absolute Gasteiger partial charge is 0.393 e. The highest BCUT2D eigenvalue weighted by Gasteiger charge is 2.34. The summed E-state index contributed by atoms with van der Waals surface area (Å²) in [4.78, 5) is 12.5. The molecule has 4 N–H and O–H groups in total. The van der Waals surface area contributed by atoms with E-state index < -0.39 is 10.0 Å². The van der Waals surface area contributed by atoms with E-state index in [2.05, 4.69) is 5.32 Å². The van der Waals surface area contributed by atoms with Crippen LogP contribution < -0.4 is 10.5 Å². The molecule has 6 nitrogen and oxygen atoms in total. The molecule has 0 bridgehead atoms. The van der Waals surface area contributed by atoms with Crippen LogP contribution >= 0.6 is 0 Å². The first-order valence-corrected chi connectivity index (χ1v) is 10.0. The smallest absolute Gasteiger partial charge is 0.251 e. The number of primary sulfonamides is 1. The molecule has 1 unspecified atom stereocenters. The van der Waals surface area contributed by atoms with Crippen molar-refractivity contribution in [2.45, 2.75) is 36.3 Å². The fraction of sp³-hybridized carbons (Fsp3) is 0.316. The third-order valence-corrected chi connectivity index (χ3v) is 5.71. The molecule has 2 aromatic carbocycles. The van der Waals surface area contributed by atoms with E-state index in [-0.39, 0.29) is 28.9 Å². The molecule has 1 saturated carbocycles. The van der Waals surface area contributed by atoms with Crippen molar-refractivity contribution in [1.29, 1.82) is 0 Å². The number of benzene rings is 2. The van der Waals surface area contributed by atoms with Crippen LogP contribution in [-0.2, 0) is 16.4 Å². The Morgan fingerprint density at radius 2 is 1.73 bits per heavy atom. The molecule has 2 aromatic rings. The van der Waals surface area contributed by atoms with Crippen molar-refractivity contribution in [1.82, 2.24) is 5.32 Å². The molecule has 7 heteroatoms. The highest BCUT2D eigenvalue weighted by molar-refractivity contribution is 7.89. The predicted molar refractivity (Wildman–Crippen MR) is 97.9 cm³/mol. The summed E-state index contributed by atoms with van der Waals surface area (Å²) in [5, 5.41) is 17.7. The second-order valence-electron chi connectivity index (χ2n) is 6.72. The molecule has 0 aliphatic heterocycles. The van der Waals surface area contributed by atoms with E-state index in [9.17, 15) is 18.3 Å². The Kier molecular flexibility index (Phi) is 5.41. The Labute approximate surface area is 153 Å². The van der Waals surface area contributed by atoms with Gasteiger partial charge in [-0.05, 0) is 55.0 Å². The summed E-state index contributed by atoms with van der Waals surface area (Å²) in [7, 11) is -3.78. The number of rotatable bonds is 6. The molecule has 0 radical (unpaired) electrons. The molecule has 3 rings (SSSR count). The van der Waals surface area contributed by atoms with Crippen molar-refractivity contribution in [3.8, 4) is 0 Å². The minimum absolute atomic E-state index is 0.0306. The number of carbonyl (C=O) groups is 1. The average molecular weight is 374 g/mol. The number of carbonyl (C=O) groups excluding carboxylic acids is 1. The molecule has 1 atom stereocenters. The summed E-state index contributed by atoms with van der Waals surface area (Å²) < 4.78 is 22.6. The van der Waals surface area contributed by atoms with Crippen LogP contribution in [0.4, 0.5) is 0 Å². The summed E-state index contributed by atoms with van der Waals surface area (Å²) in [5.41, 5.74) is 1.49. The van der Waals surface area contributed by atoms with Crippen LogP contribution in [0.2, 0.25) is 0 Å². The Bertz CT molecular complexity index is 860. The molecule has 1 aliphatic rings. The van der Waals surface area contributed by atoms with Gasteiger partial charge in [-0.3, -0.25) is 4.79 Å². The number of nitrogens with two attached hydrogens (primary N) is 1. The van der Waals surface area contributed by atoms with Crippen LogP contribution in [0.15, 0.2) is 59.5 Å². The van der Waals surface area contributed by atoms with Crippen molar-refractivity contribution in [2.75, 3.05) is 0 Å². The van der Waals surface area contributed by atoms with Crippen molar-refractivity contribution < 1.29 is 18.3 Å². The van der Waals surface area contributed by atoms with Crippen LogP contribution in [0.25, 0.3) is 0 Å². The molecule has 1 aliphatic carbocycles. The van der Waals surface area contributed by atoms with Crippen LogP contribution in [-0.4, -0.2) is 31.6 Å². The lowest BCUT2D eigenvalue weighted by atomic mass is 9.75. The van der Waals surface area contributed by atoms with Crippen molar-refractivity contribution in [3.05, 3.63) is 65.7 Å². The molecule has 1 fully saturated rings. The maximum atomic E-state index is 12.6. The molecule has 26 heavy (non-hydrogen) atoms. The van der Waals surface area contributed by atoms with Gasteiger partial charge in [-0.15, -0.1) is 0 Å². The van der Waals surface area contributed by atoms with Gasteiger partial charge >= 0.3 is 0 Å². The molecular formula is C19H22N2O4S. The monoisotopic (exact) mass is 374 g/mol. The zero-order valence-electron chi connectivity index (χ0n) is 14.2. The Morgan fingerprint density at radius 3 is 2.27 bits per heavy atom. The zero-order chi connectivity index (χ0) is 18.7. The van der Waals surface area contributed by atoms with Crippen LogP contribution in [0, 0.1) is 5.92 Å². The number of aliphatic hydroxyl groups is 1. The fourth-order valence-corrected chi connectivity index (χ4v) is 3.73. The lowest BCUT2D eigenvalue weighted by Crippen LogP contribution is -2.48. The fourth-order valence-electron chi connectivity index (χ4n) is 3.21. The summed E-state index contributed by atoms with van der Waals surface area (Å²) in [6, 6.07) is 15.3. The number of sulfonamides is 1. The van der Waals surface area contributed by atoms with Crippen molar-refractivity contribution >= 4 is 15.9 Å². The number of amides is 1. The third kappa shape index (κ3) is 4.49. The van der Waals surface area contributed by atoms with Gasteiger partial charge in [0.25, 0.3) is 5.91 Å². The number of nitrogens with one attached hydrogen (secondary N) is 1. The van der Waals surface area contributed by atoms with E-state index >= 15 is 0 Å². The van der Waals surface area contributed by atoms with Crippen molar-refractivity contribution in [2.24, 2.45) is 11.1 Å². The van der Waals surface area contributed by atoms with Gasteiger partial charge in [-0.25, -0.2) is 13.6 Å². The maximum absolute atomic E-state index is 12.6. The van der Waals surface area contributed by atoms with Gasteiger partial charge in [0.05, 0.1) is 11.0 Å². The number of hydrogen-bond acceptors (Lipinski definition) is 4. The first-order valence-electron chi connectivity index (χ1n) is 8.48. The van der Waals surface area contributed by atoms with E-state index in [0.29, 0.717) is 24.8 Å². The molecule has 0 heterocycles. The standard InChI is InChI=1S/C19H22N2O4S/c20-26(24,25)17-8-6-14(7-9-17)19(23)21-18(15-11-16(22)12-15)10-13-4-2-1-3-5-13/h1-9,15-16,18,22H,10-12H2,(H,21,23)(H2,20,24,25). The van der Waals surface area contributed by atoms with Crippen LogP contribution in [0.3, 0.4) is 0 Å². The molecule has 0 aromatic heterocycles. The normalized spacial score (nSPS) is 20.8. The minimum Gasteiger partial charge on any atom is -0.393 e. The summed E-state index contributed by atoms with van der Waals surface area (Å²) >= 11 is 0. The first kappa shape index (κ1) is 18.6. The van der Waals surface area contributed by atoms with E-state index in [1.165, 1.54) is 24.3 Å². The molecule has 1 amide bonds. The van der Waals surface area contributed by atoms with Gasteiger partial charge in [0.1, 0.15) is 0 Å². The molecular weight excluding hydrogens is 352 g/mol. The van der Waals surface area contributed by atoms with Gasteiger partial charge in [0, 0.05) is 11.6 Å². The highest BCUT2D eigenvalue weighted by Crippen LogP contribution is 2.32. The van der Waals surface area contributed by atoms with Crippen LogP contribution in [0.5, 0.6) is 0 Å². The van der Waals surface area contributed by atoms with Crippen LogP contribution in [0.1, 0.15) is 28.8 Å². The Hall–Kier alpha value is -2.22. The maximum Gasteiger partial charge on any atom is 0.251 e. The Morgan fingerprint density at radius 1 is 1.12 bits per heavy atom. The van der Waals surface area contributed by atoms with E-state index in [0.717, 1.165) is 5.56 Å². The second kappa shape index (κ2) is 7.57. The first-order chi connectivity index (χ1) is 12.3. The number of aliphatic hydroxyl groups excluding tert-OH is 1. The predicted octanol–water partition coefficient (Wildman–Crippen LogP) is 1.45. The third-order valence-electron chi connectivity index (χ3n) is 4.78. The lowest BCUT2D eigenvalue weighted by Gasteiger charge is -2.38. The topological polar surface area (TPSA) is 109 Å². The lowest BCUT2D eigenvalue weighted by molar-refractivity contribution is 0.0239. The Balaban J connectivity index is 1.72. The van der Waals surface area contributed by atoms with Gasteiger partial charge in [0.15, 0.2) is 0 Å². The van der Waals surface area contributed by atoms with Gasteiger partial charge in [0.2, 0.25) is 10.0 Å². The minimum atomic E-state index is -3.78. The van der Waals surface area contributed by atoms with Gasteiger partial charge in [-0.1, -0.05) is 30.3 Å². The summed E-state index contributed by atoms with van der Waals surface area (Å²) in [6.07, 6.45) is 1.72. The highest BCUT2D eigenvalue weighted by atomic mass is 32.2. The quantitative estimate of drug-likeness (QED) is 0.711. The van der Waals surface area contributed by atoms with Crippen molar-refractivity contribution in [3.63, 3.8) is 0 Å². The van der Waals surface area contributed by atoms with E-state index in [1.54, 1.807) is 0 Å². The molecule has 138 valence electrons. The summed E-state index contributed by atoms with van der Waals surface area (Å²) in [6.45, 7) is 0. The zero-order valence-corrected chi connectivity index (χ0v) is 15.0. The second-order valence-corrected chi connectivity index (χ2v) is 8.29. The SMILES string of the molecule is NS(=O)(=O)c1ccc(C(=O)NC(Cc2ccccc2)C2CC(O)C2)cc1. The molecule has 0 spiro atoms. The van der Waals surface area contributed by atoms with Gasteiger partial charge < -0.3 is 10.4 Å². The average Bonchev–Trinajstić information content (AvgIpc) is 2.59. The van der Waals surface area contributed by atoms with E-state index in [4.69, 9.17) is 5.14 Å². The molecule has 0 saturated heterocycles. The van der Waals surface area contributed by atoms with E-state index in [1.807, 2.05) is 30.3 Å². The summed E-state index contributed by atoms with van der Waals surface area (Å²) in [5.74, 6) is -0.0499.